The maximum absolute atomic E-state index is 13.1. The van der Waals surface area contributed by atoms with Crippen molar-refractivity contribution in [1.82, 2.24) is 9.80 Å². The molecule has 0 N–H and O–H groups in total. The van der Waals surface area contributed by atoms with E-state index in [1.807, 2.05) is 6.92 Å². The lowest BCUT2D eigenvalue weighted by atomic mass is 10.0. The van der Waals surface area contributed by atoms with Crippen LogP contribution in [0.3, 0.4) is 0 Å². The van der Waals surface area contributed by atoms with E-state index in [9.17, 15) is 18.0 Å². The van der Waals surface area contributed by atoms with Crippen molar-refractivity contribution in [3.05, 3.63) is 34.9 Å². The Kier molecular flexibility index (Phi) is 4.56. The number of alkyl halides is 3. The van der Waals surface area contributed by atoms with Crippen molar-refractivity contribution >= 4 is 5.91 Å². The van der Waals surface area contributed by atoms with E-state index in [-0.39, 0.29) is 5.56 Å². The number of carbonyl (C=O) groups is 1. The van der Waals surface area contributed by atoms with Gasteiger partial charge in [0.25, 0.3) is 5.91 Å². The van der Waals surface area contributed by atoms with Gasteiger partial charge in [-0.3, -0.25) is 4.79 Å². The molecule has 2 rings (SSSR count). The third kappa shape index (κ3) is 3.56. The molecule has 0 bridgehead atoms. The Morgan fingerprint density at radius 3 is 2.33 bits per heavy atom. The minimum atomic E-state index is -4.51. The highest BCUT2D eigenvalue weighted by atomic mass is 19.4. The highest BCUT2D eigenvalue weighted by Crippen LogP contribution is 2.33. The number of amides is 1. The van der Waals surface area contributed by atoms with Crippen molar-refractivity contribution in [1.29, 1.82) is 0 Å². The Labute approximate surface area is 122 Å². The third-order valence-corrected chi connectivity index (χ3v) is 3.82. The van der Waals surface area contributed by atoms with Crippen molar-refractivity contribution < 1.29 is 18.0 Å². The van der Waals surface area contributed by atoms with Gasteiger partial charge in [0.15, 0.2) is 0 Å². The van der Waals surface area contributed by atoms with E-state index in [4.69, 9.17) is 0 Å². The fourth-order valence-electron chi connectivity index (χ4n) is 2.52. The van der Waals surface area contributed by atoms with Gasteiger partial charge in [0, 0.05) is 26.2 Å². The number of benzene rings is 1. The zero-order valence-corrected chi connectivity index (χ0v) is 12.2. The summed E-state index contributed by atoms with van der Waals surface area (Å²) in [7, 11) is 0. The molecular formula is C15H19F3N2O. The summed E-state index contributed by atoms with van der Waals surface area (Å²) < 4.78 is 39.3. The predicted octanol–water partition coefficient (Wildman–Crippen LogP) is 2.79. The summed E-state index contributed by atoms with van der Waals surface area (Å²) in [5, 5.41) is 0. The number of hydrogen-bond donors (Lipinski definition) is 0. The SMILES string of the molecule is CCN1CCN(C(=O)c2ccc(C)cc2C(F)(F)F)CC1. The van der Waals surface area contributed by atoms with Crippen LogP contribution in [0, 0.1) is 6.92 Å². The number of nitrogens with zero attached hydrogens (tertiary/aromatic N) is 2. The summed E-state index contributed by atoms with van der Waals surface area (Å²) in [5.74, 6) is -0.530. The first-order valence-electron chi connectivity index (χ1n) is 7.02. The lowest BCUT2D eigenvalue weighted by molar-refractivity contribution is -0.138. The second-order valence-corrected chi connectivity index (χ2v) is 5.27. The monoisotopic (exact) mass is 300 g/mol. The molecule has 0 aromatic heterocycles. The van der Waals surface area contributed by atoms with Crippen LogP contribution in [-0.4, -0.2) is 48.4 Å². The molecule has 6 heteroatoms. The molecule has 1 amide bonds. The molecule has 0 spiro atoms. The van der Waals surface area contributed by atoms with E-state index in [1.54, 1.807) is 13.0 Å². The molecule has 0 aliphatic carbocycles. The Morgan fingerprint density at radius 1 is 1.19 bits per heavy atom. The van der Waals surface area contributed by atoms with Crippen LogP contribution in [0.5, 0.6) is 0 Å². The normalized spacial score (nSPS) is 17.1. The lowest BCUT2D eigenvalue weighted by Crippen LogP contribution is -2.48. The molecule has 116 valence electrons. The van der Waals surface area contributed by atoms with Gasteiger partial charge in [0.1, 0.15) is 0 Å². The van der Waals surface area contributed by atoms with Gasteiger partial charge >= 0.3 is 6.18 Å². The number of rotatable bonds is 2. The summed E-state index contributed by atoms with van der Waals surface area (Å²) >= 11 is 0. The molecule has 0 radical (unpaired) electrons. The largest absolute Gasteiger partial charge is 0.417 e. The molecule has 1 aliphatic heterocycles. The molecule has 0 atom stereocenters. The van der Waals surface area contributed by atoms with Gasteiger partial charge in [-0.1, -0.05) is 18.6 Å². The molecule has 21 heavy (non-hydrogen) atoms. The van der Waals surface area contributed by atoms with Crippen molar-refractivity contribution in [2.45, 2.75) is 20.0 Å². The number of aryl methyl sites for hydroxylation is 1. The molecule has 1 saturated heterocycles. The maximum Gasteiger partial charge on any atom is 0.417 e. The molecule has 0 saturated carbocycles. The Morgan fingerprint density at radius 2 is 1.81 bits per heavy atom. The number of hydrogen-bond acceptors (Lipinski definition) is 2. The van der Waals surface area contributed by atoms with Crippen LogP contribution in [0.15, 0.2) is 18.2 Å². The van der Waals surface area contributed by atoms with E-state index >= 15 is 0 Å². The number of likely N-dealkylation sites (N-methyl/N-ethyl adjacent to an activating group) is 1. The average Bonchev–Trinajstić information content (AvgIpc) is 2.45. The van der Waals surface area contributed by atoms with Crippen LogP contribution in [0.2, 0.25) is 0 Å². The van der Waals surface area contributed by atoms with Crippen molar-refractivity contribution in [2.75, 3.05) is 32.7 Å². The Balaban J connectivity index is 2.24. The second-order valence-electron chi connectivity index (χ2n) is 5.27. The van der Waals surface area contributed by atoms with Crippen LogP contribution in [0.25, 0.3) is 0 Å². The first-order valence-corrected chi connectivity index (χ1v) is 7.02. The molecule has 0 unspecified atom stereocenters. The van der Waals surface area contributed by atoms with E-state index in [2.05, 4.69) is 4.90 Å². The summed E-state index contributed by atoms with van der Waals surface area (Å²) in [5.41, 5.74) is -0.599. The van der Waals surface area contributed by atoms with Gasteiger partial charge in [-0.15, -0.1) is 0 Å². The molecule has 1 fully saturated rings. The van der Waals surface area contributed by atoms with E-state index in [0.717, 1.165) is 12.6 Å². The summed E-state index contributed by atoms with van der Waals surface area (Å²) in [6.07, 6.45) is -4.51. The predicted molar refractivity (Wildman–Crippen MR) is 74.2 cm³/mol. The molecular weight excluding hydrogens is 281 g/mol. The van der Waals surface area contributed by atoms with Gasteiger partial charge < -0.3 is 9.80 Å². The first kappa shape index (κ1) is 15.8. The van der Waals surface area contributed by atoms with Crippen molar-refractivity contribution in [3.8, 4) is 0 Å². The van der Waals surface area contributed by atoms with Gasteiger partial charge in [-0.25, -0.2) is 0 Å². The third-order valence-electron chi connectivity index (χ3n) is 3.82. The zero-order valence-electron chi connectivity index (χ0n) is 12.2. The summed E-state index contributed by atoms with van der Waals surface area (Å²) in [6, 6.07) is 3.87. The van der Waals surface area contributed by atoms with E-state index in [1.165, 1.54) is 11.0 Å². The highest BCUT2D eigenvalue weighted by molar-refractivity contribution is 5.96. The molecule has 1 aromatic rings. The van der Waals surface area contributed by atoms with Gasteiger partial charge in [-0.2, -0.15) is 13.2 Å². The van der Waals surface area contributed by atoms with Crippen molar-refractivity contribution in [2.24, 2.45) is 0 Å². The number of halogens is 3. The van der Waals surface area contributed by atoms with Crippen molar-refractivity contribution in [3.63, 3.8) is 0 Å². The number of carbonyl (C=O) groups excluding carboxylic acids is 1. The van der Waals surface area contributed by atoms with Crippen LogP contribution in [-0.2, 0) is 6.18 Å². The lowest BCUT2D eigenvalue weighted by Gasteiger charge is -2.34. The van der Waals surface area contributed by atoms with Crippen LogP contribution >= 0.6 is 0 Å². The molecule has 1 aliphatic rings. The minimum absolute atomic E-state index is 0.252. The summed E-state index contributed by atoms with van der Waals surface area (Å²) in [6.45, 7) is 6.85. The zero-order chi connectivity index (χ0) is 15.6. The van der Waals surface area contributed by atoms with Crippen LogP contribution in [0.1, 0.15) is 28.4 Å². The van der Waals surface area contributed by atoms with Gasteiger partial charge in [0.2, 0.25) is 0 Å². The van der Waals surface area contributed by atoms with E-state index in [0.29, 0.717) is 31.7 Å². The molecule has 1 heterocycles. The smallest absolute Gasteiger partial charge is 0.336 e. The fourth-order valence-corrected chi connectivity index (χ4v) is 2.52. The molecule has 1 aromatic carbocycles. The Hall–Kier alpha value is -1.56. The Bertz CT molecular complexity index is 520. The van der Waals surface area contributed by atoms with Gasteiger partial charge in [0.05, 0.1) is 11.1 Å². The molecule has 3 nitrogen and oxygen atoms in total. The highest BCUT2D eigenvalue weighted by Gasteiger charge is 2.36. The van der Waals surface area contributed by atoms with Gasteiger partial charge in [-0.05, 0) is 25.6 Å². The first-order chi connectivity index (χ1) is 9.82. The quantitative estimate of drug-likeness (QED) is 0.838. The standard InChI is InChI=1S/C15H19F3N2O/c1-3-19-6-8-20(9-7-19)14(21)12-5-4-11(2)10-13(12)15(16,17)18/h4-5,10H,3,6-9H2,1-2H3. The minimum Gasteiger partial charge on any atom is -0.336 e. The fraction of sp³-hybridized carbons (Fsp3) is 0.533. The van der Waals surface area contributed by atoms with E-state index < -0.39 is 17.6 Å². The summed E-state index contributed by atoms with van der Waals surface area (Å²) in [4.78, 5) is 16.1. The van der Waals surface area contributed by atoms with Crippen LogP contribution in [0.4, 0.5) is 13.2 Å². The maximum atomic E-state index is 13.1. The topological polar surface area (TPSA) is 23.6 Å². The average molecular weight is 300 g/mol. The number of piperazine rings is 1. The van der Waals surface area contributed by atoms with Crippen LogP contribution < -0.4 is 0 Å². The second kappa shape index (κ2) is 6.05.